The van der Waals surface area contributed by atoms with Gasteiger partial charge in [0.05, 0.1) is 17.1 Å². The molecule has 3 aromatic rings. The highest BCUT2D eigenvalue weighted by atomic mass is 35.5. The molecule has 3 rings (SSSR count). The zero-order chi connectivity index (χ0) is 17.6. The lowest BCUT2D eigenvalue weighted by Gasteiger charge is -2.08. The van der Waals surface area contributed by atoms with Crippen LogP contribution in [0.25, 0.3) is 0 Å². The Balaban J connectivity index is 1.59. The predicted molar refractivity (Wildman–Crippen MR) is 101 cm³/mol. The van der Waals surface area contributed by atoms with Gasteiger partial charge in [-0.2, -0.15) is 0 Å². The largest absolute Gasteiger partial charge is 0.338 e. The zero-order valence-electron chi connectivity index (χ0n) is 13.0. The molecule has 0 spiro atoms. The molecule has 0 atom stereocenters. The summed E-state index contributed by atoms with van der Waals surface area (Å²) in [6.45, 7) is 0. The molecule has 126 valence electrons. The van der Waals surface area contributed by atoms with E-state index in [2.05, 4.69) is 20.8 Å². The zero-order valence-corrected chi connectivity index (χ0v) is 14.6. The average Bonchev–Trinajstić information content (AvgIpc) is 2.61. The van der Waals surface area contributed by atoms with Gasteiger partial charge < -0.3 is 10.6 Å². The molecule has 1 heterocycles. The Labute approximate surface area is 155 Å². The minimum absolute atomic E-state index is 0.177. The fourth-order valence-electron chi connectivity index (χ4n) is 2.14. The monoisotopic (exact) mass is 372 g/mol. The second kappa shape index (κ2) is 7.96. The van der Waals surface area contributed by atoms with Gasteiger partial charge in [0.1, 0.15) is 0 Å². The van der Waals surface area contributed by atoms with Crippen LogP contribution in [-0.4, -0.2) is 16.1 Å². The van der Waals surface area contributed by atoms with E-state index >= 15 is 0 Å². The first-order chi connectivity index (χ1) is 12.1. The fraction of sp³-hybridized carbons (Fsp3) is 0.0556. The number of carbonyl (C=O) groups is 1. The lowest BCUT2D eigenvalue weighted by molar-refractivity contribution is -0.115. The Hall–Kier alpha value is -2.63. The van der Waals surface area contributed by atoms with Gasteiger partial charge in [-0.1, -0.05) is 47.5 Å². The van der Waals surface area contributed by atoms with E-state index in [0.717, 1.165) is 11.3 Å². The van der Waals surface area contributed by atoms with Gasteiger partial charge >= 0.3 is 0 Å². The molecular formula is C18H14Cl2N4O. The summed E-state index contributed by atoms with van der Waals surface area (Å²) in [5.41, 5.74) is 1.60. The van der Waals surface area contributed by atoms with Crippen molar-refractivity contribution in [3.63, 3.8) is 0 Å². The molecule has 0 fully saturated rings. The van der Waals surface area contributed by atoms with Crippen LogP contribution in [0.2, 0.25) is 10.0 Å². The van der Waals surface area contributed by atoms with Crippen LogP contribution < -0.4 is 10.6 Å². The van der Waals surface area contributed by atoms with Crippen molar-refractivity contribution in [2.24, 2.45) is 0 Å². The van der Waals surface area contributed by atoms with Crippen LogP contribution in [0.5, 0.6) is 0 Å². The Kier molecular flexibility index (Phi) is 5.48. The quantitative estimate of drug-likeness (QED) is 0.680. The van der Waals surface area contributed by atoms with E-state index in [1.807, 2.05) is 30.3 Å². The first-order valence-electron chi connectivity index (χ1n) is 7.50. The van der Waals surface area contributed by atoms with Gasteiger partial charge in [0.25, 0.3) is 0 Å². The number of hydrogen-bond donors (Lipinski definition) is 2. The molecule has 1 aromatic heterocycles. The molecule has 0 bridgehead atoms. The molecule has 0 aliphatic carbocycles. The highest BCUT2D eigenvalue weighted by molar-refractivity contribution is 6.33. The van der Waals surface area contributed by atoms with Crippen LogP contribution in [0.15, 0.2) is 60.7 Å². The molecule has 0 radical (unpaired) electrons. The number of aromatic nitrogens is 2. The van der Waals surface area contributed by atoms with Gasteiger partial charge in [0.15, 0.2) is 11.6 Å². The van der Waals surface area contributed by atoms with Gasteiger partial charge in [0, 0.05) is 5.02 Å². The molecule has 1 amide bonds. The lowest BCUT2D eigenvalue weighted by Crippen LogP contribution is -2.15. The first kappa shape index (κ1) is 17.2. The van der Waals surface area contributed by atoms with Crippen LogP contribution in [0.3, 0.4) is 0 Å². The first-order valence-corrected chi connectivity index (χ1v) is 8.25. The molecule has 25 heavy (non-hydrogen) atoms. The van der Waals surface area contributed by atoms with Crippen molar-refractivity contribution in [2.45, 2.75) is 6.42 Å². The van der Waals surface area contributed by atoms with Crippen molar-refractivity contribution in [3.05, 3.63) is 76.3 Å². The Morgan fingerprint density at radius 1 is 0.880 bits per heavy atom. The van der Waals surface area contributed by atoms with Crippen LogP contribution in [0.4, 0.5) is 17.3 Å². The molecule has 0 saturated heterocycles. The summed E-state index contributed by atoms with van der Waals surface area (Å²) >= 11 is 11.9. The number of hydrogen-bond acceptors (Lipinski definition) is 4. The number of para-hydroxylation sites is 1. The smallest absolute Gasteiger partial charge is 0.229 e. The maximum Gasteiger partial charge on any atom is 0.229 e. The average molecular weight is 373 g/mol. The number of halogens is 2. The Morgan fingerprint density at radius 3 is 2.24 bits per heavy atom. The van der Waals surface area contributed by atoms with E-state index in [9.17, 15) is 4.79 Å². The molecule has 0 saturated carbocycles. The Bertz CT molecular complexity index is 867. The summed E-state index contributed by atoms with van der Waals surface area (Å²) in [5.74, 6) is 0.732. The highest BCUT2D eigenvalue weighted by Crippen LogP contribution is 2.23. The van der Waals surface area contributed by atoms with E-state index in [1.165, 1.54) is 0 Å². The van der Waals surface area contributed by atoms with E-state index in [4.69, 9.17) is 23.2 Å². The third kappa shape index (κ3) is 4.92. The molecule has 0 aliphatic heterocycles. The van der Waals surface area contributed by atoms with Gasteiger partial charge in [0.2, 0.25) is 5.91 Å². The van der Waals surface area contributed by atoms with E-state index < -0.39 is 0 Å². The summed E-state index contributed by atoms with van der Waals surface area (Å²) in [7, 11) is 0. The summed E-state index contributed by atoms with van der Waals surface area (Å²) in [4.78, 5) is 12.0. The number of nitrogens with one attached hydrogen (secondary N) is 2. The number of nitrogens with zero attached hydrogens (tertiary/aromatic N) is 2. The fourth-order valence-corrected chi connectivity index (χ4v) is 2.45. The third-order valence-electron chi connectivity index (χ3n) is 3.35. The standard InChI is InChI=1S/C18H14Cl2N4O/c19-13-7-5-12(6-8-13)11-18(25)22-17-10-9-16(23-24-17)21-15-4-2-1-3-14(15)20/h1-10H,11H2,(H,21,23)(H,22,24,25). The van der Waals surface area contributed by atoms with E-state index in [1.54, 1.807) is 30.3 Å². The Morgan fingerprint density at radius 2 is 1.56 bits per heavy atom. The van der Waals surface area contributed by atoms with Gasteiger partial charge in [-0.05, 0) is 42.0 Å². The lowest BCUT2D eigenvalue weighted by atomic mass is 10.1. The minimum atomic E-state index is -0.177. The van der Waals surface area contributed by atoms with Crippen molar-refractivity contribution in [1.29, 1.82) is 0 Å². The van der Waals surface area contributed by atoms with E-state index in [-0.39, 0.29) is 12.3 Å². The van der Waals surface area contributed by atoms with Gasteiger partial charge in [-0.25, -0.2) is 0 Å². The summed E-state index contributed by atoms with van der Waals surface area (Å²) in [5, 5.41) is 15.0. The molecule has 0 aliphatic rings. The van der Waals surface area contributed by atoms with Crippen molar-refractivity contribution < 1.29 is 4.79 Å². The SMILES string of the molecule is O=C(Cc1ccc(Cl)cc1)Nc1ccc(Nc2ccccc2Cl)nn1. The third-order valence-corrected chi connectivity index (χ3v) is 3.93. The highest BCUT2D eigenvalue weighted by Gasteiger charge is 2.06. The van der Waals surface area contributed by atoms with E-state index in [0.29, 0.717) is 21.7 Å². The van der Waals surface area contributed by atoms with Crippen LogP contribution in [0.1, 0.15) is 5.56 Å². The molecule has 2 aromatic carbocycles. The number of amides is 1. The van der Waals surface area contributed by atoms with Crippen LogP contribution in [0, 0.1) is 0 Å². The number of rotatable bonds is 5. The maximum absolute atomic E-state index is 12.0. The second-order valence-electron chi connectivity index (χ2n) is 5.26. The van der Waals surface area contributed by atoms with Crippen molar-refractivity contribution in [3.8, 4) is 0 Å². The molecule has 2 N–H and O–H groups in total. The van der Waals surface area contributed by atoms with Crippen molar-refractivity contribution >= 4 is 46.4 Å². The topological polar surface area (TPSA) is 66.9 Å². The number of anilines is 3. The van der Waals surface area contributed by atoms with Gasteiger partial charge in [-0.15, -0.1) is 10.2 Å². The molecule has 0 unspecified atom stereocenters. The molecule has 5 nitrogen and oxygen atoms in total. The van der Waals surface area contributed by atoms with Crippen molar-refractivity contribution in [1.82, 2.24) is 10.2 Å². The van der Waals surface area contributed by atoms with Crippen LogP contribution in [-0.2, 0) is 11.2 Å². The predicted octanol–water partition coefficient (Wildman–Crippen LogP) is 4.71. The normalized spacial score (nSPS) is 10.3. The molecular weight excluding hydrogens is 359 g/mol. The summed E-state index contributed by atoms with van der Waals surface area (Å²) in [6, 6.07) is 17.8. The molecule has 7 heteroatoms. The van der Waals surface area contributed by atoms with Crippen LogP contribution >= 0.6 is 23.2 Å². The van der Waals surface area contributed by atoms with Gasteiger partial charge in [-0.3, -0.25) is 4.79 Å². The minimum Gasteiger partial charge on any atom is -0.338 e. The summed E-state index contributed by atoms with van der Waals surface area (Å²) < 4.78 is 0. The van der Waals surface area contributed by atoms with Crippen molar-refractivity contribution in [2.75, 3.05) is 10.6 Å². The number of carbonyl (C=O) groups excluding carboxylic acids is 1. The summed E-state index contributed by atoms with van der Waals surface area (Å²) in [6.07, 6.45) is 0.235. The second-order valence-corrected chi connectivity index (χ2v) is 6.10. The maximum atomic E-state index is 12.0. The number of benzene rings is 2.